The fourth-order valence-electron chi connectivity index (χ4n) is 1.54. The van der Waals surface area contributed by atoms with E-state index in [1.807, 2.05) is 0 Å². The van der Waals surface area contributed by atoms with Crippen molar-refractivity contribution in [1.82, 2.24) is 4.98 Å². The van der Waals surface area contributed by atoms with E-state index in [4.69, 9.17) is 13.9 Å². The Morgan fingerprint density at radius 2 is 2.31 bits per heavy atom. The molecule has 0 aliphatic heterocycles. The average molecular weight is 225 g/mol. The molecule has 1 aromatic heterocycles. The van der Waals surface area contributed by atoms with Gasteiger partial charge >= 0.3 is 5.97 Å². The van der Waals surface area contributed by atoms with Crippen LogP contribution < -0.4 is 0 Å². The second kappa shape index (κ2) is 4.65. The Hall–Kier alpha value is -1.36. The molecule has 0 spiro atoms. The van der Waals surface area contributed by atoms with Crippen molar-refractivity contribution in [2.24, 2.45) is 0 Å². The summed E-state index contributed by atoms with van der Waals surface area (Å²) in [5.41, 5.74) is 0.727. The van der Waals surface area contributed by atoms with E-state index in [0.29, 0.717) is 18.4 Å². The molecule has 1 saturated carbocycles. The molecule has 1 fully saturated rings. The molecule has 1 heterocycles. The van der Waals surface area contributed by atoms with E-state index in [9.17, 15) is 4.79 Å². The maximum Gasteiger partial charge on any atom is 0.376 e. The van der Waals surface area contributed by atoms with Gasteiger partial charge in [0.25, 0.3) is 0 Å². The number of hydrogen-bond donors (Lipinski definition) is 0. The van der Waals surface area contributed by atoms with E-state index in [-0.39, 0.29) is 12.4 Å². The van der Waals surface area contributed by atoms with E-state index in [0.717, 1.165) is 18.5 Å². The van der Waals surface area contributed by atoms with Crippen molar-refractivity contribution >= 4 is 5.97 Å². The van der Waals surface area contributed by atoms with Crippen LogP contribution >= 0.6 is 0 Å². The summed E-state index contributed by atoms with van der Waals surface area (Å²) in [7, 11) is 1.56. The van der Waals surface area contributed by atoms with Gasteiger partial charge in [0.2, 0.25) is 11.7 Å². The predicted octanol–water partition coefficient (Wildman–Crippen LogP) is 1.88. The third-order valence-electron chi connectivity index (χ3n) is 2.39. The van der Waals surface area contributed by atoms with Crippen molar-refractivity contribution in [3.8, 4) is 0 Å². The highest BCUT2D eigenvalue weighted by atomic mass is 16.5. The molecule has 88 valence electrons. The van der Waals surface area contributed by atoms with Gasteiger partial charge in [0.15, 0.2) is 0 Å². The maximum atomic E-state index is 11.6. The van der Waals surface area contributed by atoms with Crippen molar-refractivity contribution < 1.29 is 18.7 Å². The Kier molecular flexibility index (Phi) is 3.24. The minimum atomic E-state index is -0.431. The molecule has 0 unspecified atom stereocenters. The van der Waals surface area contributed by atoms with Crippen LogP contribution in [0, 0.1) is 0 Å². The fraction of sp³-hybridized carbons (Fsp3) is 0.636. The number of oxazole rings is 1. The van der Waals surface area contributed by atoms with Gasteiger partial charge in [0.1, 0.15) is 6.61 Å². The summed E-state index contributed by atoms with van der Waals surface area (Å²) in [5.74, 6) is 0.608. The van der Waals surface area contributed by atoms with Gasteiger partial charge in [-0.15, -0.1) is 0 Å². The van der Waals surface area contributed by atoms with Crippen molar-refractivity contribution in [2.75, 3.05) is 13.7 Å². The molecule has 16 heavy (non-hydrogen) atoms. The second-order valence-electron chi connectivity index (χ2n) is 3.75. The van der Waals surface area contributed by atoms with Crippen LogP contribution in [0.4, 0.5) is 0 Å². The van der Waals surface area contributed by atoms with Crippen LogP contribution in [0.3, 0.4) is 0 Å². The zero-order valence-corrected chi connectivity index (χ0v) is 9.49. The molecule has 0 aromatic carbocycles. The Balaban J connectivity index is 2.22. The van der Waals surface area contributed by atoms with Crippen molar-refractivity contribution in [3.63, 3.8) is 0 Å². The summed E-state index contributed by atoms with van der Waals surface area (Å²) in [4.78, 5) is 15.9. The highest BCUT2D eigenvalue weighted by Gasteiger charge is 2.34. The van der Waals surface area contributed by atoms with Crippen LogP contribution in [-0.4, -0.2) is 24.7 Å². The number of nitrogens with zero attached hydrogens (tertiary/aromatic N) is 1. The van der Waals surface area contributed by atoms with Gasteiger partial charge in [-0.3, -0.25) is 0 Å². The van der Waals surface area contributed by atoms with E-state index >= 15 is 0 Å². The largest absolute Gasteiger partial charge is 0.460 e. The molecule has 5 nitrogen and oxygen atoms in total. The number of aromatic nitrogens is 1. The quantitative estimate of drug-likeness (QED) is 0.716. The van der Waals surface area contributed by atoms with Gasteiger partial charge in [-0.1, -0.05) is 0 Å². The SMILES string of the molecule is CCOC(=O)c1oc(COC)nc1C1CC1. The number of carbonyl (C=O) groups excluding carboxylic acids is 1. The van der Waals surface area contributed by atoms with Gasteiger partial charge in [-0.2, -0.15) is 0 Å². The first-order valence-electron chi connectivity index (χ1n) is 5.42. The summed E-state index contributed by atoms with van der Waals surface area (Å²) in [6.45, 7) is 2.38. The summed E-state index contributed by atoms with van der Waals surface area (Å²) in [5, 5.41) is 0. The van der Waals surface area contributed by atoms with Crippen LogP contribution in [-0.2, 0) is 16.1 Å². The lowest BCUT2D eigenvalue weighted by Crippen LogP contribution is -2.05. The number of rotatable bonds is 5. The molecule has 0 amide bonds. The highest BCUT2D eigenvalue weighted by molar-refractivity contribution is 5.87. The van der Waals surface area contributed by atoms with Crippen molar-refractivity contribution in [3.05, 3.63) is 17.3 Å². The summed E-state index contributed by atoms with van der Waals surface area (Å²) in [6.07, 6.45) is 2.12. The van der Waals surface area contributed by atoms with Crippen LogP contribution in [0.2, 0.25) is 0 Å². The number of esters is 1. The normalized spacial score (nSPS) is 15.1. The highest BCUT2D eigenvalue weighted by Crippen LogP contribution is 2.41. The summed E-state index contributed by atoms with van der Waals surface area (Å²) >= 11 is 0. The first-order valence-corrected chi connectivity index (χ1v) is 5.42. The average Bonchev–Trinajstić information content (AvgIpc) is 3.01. The first-order chi connectivity index (χ1) is 7.76. The number of methoxy groups -OCH3 is 1. The molecule has 0 radical (unpaired) electrons. The maximum absolute atomic E-state index is 11.6. The van der Waals surface area contributed by atoms with Crippen molar-refractivity contribution in [1.29, 1.82) is 0 Å². The monoisotopic (exact) mass is 225 g/mol. The molecule has 0 bridgehead atoms. The molecule has 0 atom stereocenters. The van der Waals surface area contributed by atoms with Crippen molar-refractivity contribution in [2.45, 2.75) is 32.3 Å². The fourth-order valence-corrected chi connectivity index (χ4v) is 1.54. The van der Waals surface area contributed by atoms with Gasteiger partial charge < -0.3 is 13.9 Å². The standard InChI is InChI=1S/C11H15NO4/c1-3-15-11(13)10-9(7-4-5-7)12-8(16-10)6-14-2/h7H,3-6H2,1-2H3. The molecule has 5 heteroatoms. The topological polar surface area (TPSA) is 61.6 Å². The van der Waals surface area contributed by atoms with E-state index in [2.05, 4.69) is 4.98 Å². The molecule has 2 rings (SSSR count). The molecular formula is C11H15NO4. The summed E-state index contributed by atoms with van der Waals surface area (Å²) in [6, 6.07) is 0. The lowest BCUT2D eigenvalue weighted by molar-refractivity contribution is 0.0481. The minimum Gasteiger partial charge on any atom is -0.460 e. The van der Waals surface area contributed by atoms with E-state index in [1.54, 1.807) is 14.0 Å². The van der Waals surface area contributed by atoms with Crippen LogP contribution in [0.1, 0.15) is 47.8 Å². The third kappa shape index (κ3) is 2.24. The van der Waals surface area contributed by atoms with Crippen LogP contribution in [0.5, 0.6) is 0 Å². The van der Waals surface area contributed by atoms with Gasteiger partial charge in [-0.05, 0) is 19.8 Å². The Labute approximate surface area is 93.7 Å². The number of hydrogen-bond acceptors (Lipinski definition) is 5. The summed E-state index contributed by atoms with van der Waals surface area (Å²) < 4.78 is 15.2. The van der Waals surface area contributed by atoms with E-state index < -0.39 is 5.97 Å². The molecule has 0 saturated heterocycles. The molecule has 1 aliphatic carbocycles. The zero-order chi connectivity index (χ0) is 11.5. The third-order valence-corrected chi connectivity index (χ3v) is 2.39. The Morgan fingerprint density at radius 3 is 2.88 bits per heavy atom. The number of ether oxygens (including phenoxy) is 2. The smallest absolute Gasteiger partial charge is 0.376 e. The Morgan fingerprint density at radius 1 is 1.56 bits per heavy atom. The van der Waals surface area contributed by atoms with Gasteiger partial charge in [0, 0.05) is 13.0 Å². The second-order valence-corrected chi connectivity index (χ2v) is 3.75. The molecule has 1 aliphatic rings. The van der Waals surface area contributed by atoms with Crippen LogP contribution in [0.15, 0.2) is 4.42 Å². The van der Waals surface area contributed by atoms with Gasteiger partial charge in [0.05, 0.1) is 12.3 Å². The zero-order valence-electron chi connectivity index (χ0n) is 9.49. The van der Waals surface area contributed by atoms with Crippen LogP contribution in [0.25, 0.3) is 0 Å². The molecule has 0 N–H and O–H groups in total. The minimum absolute atomic E-state index is 0.247. The molecular weight excluding hydrogens is 210 g/mol. The van der Waals surface area contributed by atoms with Gasteiger partial charge in [-0.25, -0.2) is 9.78 Å². The number of carbonyl (C=O) groups is 1. The van der Waals surface area contributed by atoms with E-state index in [1.165, 1.54) is 0 Å². The molecule has 1 aromatic rings. The lowest BCUT2D eigenvalue weighted by Gasteiger charge is -1.98. The lowest BCUT2D eigenvalue weighted by atomic mass is 10.2. The Bertz CT molecular complexity index is 381. The first kappa shape index (κ1) is 11.1. The predicted molar refractivity (Wildman–Crippen MR) is 55.1 cm³/mol.